The third-order valence-corrected chi connectivity index (χ3v) is 4.79. The van der Waals surface area contributed by atoms with Crippen LogP contribution in [0.25, 0.3) is 0 Å². The highest BCUT2D eigenvalue weighted by Gasteiger charge is 2.31. The monoisotopic (exact) mass is 281 g/mol. The van der Waals surface area contributed by atoms with Crippen molar-refractivity contribution in [3.63, 3.8) is 0 Å². The Hall–Kier alpha value is -1.08. The van der Waals surface area contributed by atoms with E-state index in [1.807, 2.05) is 0 Å². The van der Waals surface area contributed by atoms with Crippen molar-refractivity contribution < 1.29 is 4.79 Å². The molecule has 1 aromatic rings. The van der Waals surface area contributed by atoms with E-state index in [0.717, 1.165) is 49.6 Å². The van der Waals surface area contributed by atoms with Gasteiger partial charge in [-0.25, -0.2) is 0 Å². The van der Waals surface area contributed by atoms with Crippen LogP contribution < -0.4 is 11.1 Å². The second kappa shape index (κ2) is 5.50. The summed E-state index contributed by atoms with van der Waals surface area (Å²) in [6, 6.07) is 0.491. The average Bonchev–Trinajstić information content (AvgIpc) is 3.19. The minimum atomic E-state index is -0.0465. The Labute approximate surface area is 116 Å². The largest absolute Gasteiger partial charge is 0.355 e. The SMILES string of the molecule is NCc1nnc(SC2CCCCNC2=O)n1C1CC1. The molecule has 1 saturated heterocycles. The Kier molecular flexibility index (Phi) is 3.74. The molecule has 104 valence electrons. The second-order valence-corrected chi connectivity index (χ2v) is 6.27. The molecule has 0 spiro atoms. The van der Waals surface area contributed by atoms with Crippen LogP contribution >= 0.6 is 11.8 Å². The van der Waals surface area contributed by atoms with Crippen LogP contribution in [-0.4, -0.2) is 32.5 Å². The summed E-state index contributed by atoms with van der Waals surface area (Å²) in [5.41, 5.74) is 5.70. The summed E-state index contributed by atoms with van der Waals surface area (Å²) >= 11 is 1.54. The third-order valence-electron chi connectivity index (χ3n) is 3.56. The summed E-state index contributed by atoms with van der Waals surface area (Å²) in [5.74, 6) is 0.959. The van der Waals surface area contributed by atoms with Crippen LogP contribution in [0.3, 0.4) is 0 Å². The van der Waals surface area contributed by atoms with E-state index < -0.39 is 0 Å². The van der Waals surface area contributed by atoms with Crippen molar-refractivity contribution in [2.24, 2.45) is 5.73 Å². The first-order valence-corrected chi connectivity index (χ1v) is 7.76. The van der Waals surface area contributed by atoms with E-state index in [4.69, 9.17) is 5.73 Å². The molecule has 0 aromatic carbocycles. The number of amides is 1. The molecule has 19 heavy (non-hydrogen) atoms. The first kappa shape index (κ1) is 12.9. The molecule has 1 unspecified atom stereocenters. The van der Waals surface area contributed by atoms with Crippen molar-refractivity contribution in [2.75, 3.05) is 6.54 Å². The van der Waals surface area contributed by atoms with Gasteiger partial charge in [-0.05, 0) is 25.7 Å². The maximum absolute atomic E-state index is 12.0. The third kappa shape index (κ3) is 2.76. The highest BCUT2D eigenvalue weighted by Crippen LogP contribution is 2.40. The molecule has 3 rings (SSSR count). The minimum absolute atomic E-state index is 0.0465. The maximum Gasteiger partial charge on any atom is 0.233 e. The Morgan fingerprint density at radius 3 is 2.89 bits per heavy atom. The minimum Gasteiger partial charge on any atom is -0.355 e. The summed E-state index contributed by atoms with van der Waals surface area (Å²) in [5, 5.41) is 12.1. The molecule has 1 aromatic heterocycles. The van der Waals surface area contributed by atoms with Crippen molar-refractivity contribution >= 4 is 17.7 Å². The summed E-state index contributed by atoms with van der Waals surface area (Å²) in [4.78, 5) is 12.0. The van der Waals surface area contributed by atoms with Gasteiger partial charge >= 0.3 is 0 Å². The van der Waals surface area contributed by atoms with Crippen LogP contribution in [0.4, 0.5) is 0 Å². The van der Waals surface area contributed by atoms with Crippen molar-refractivity contribution in [3.05, 3.63) is 5.82 Å². The number of hydrogen-bond acceptors (Lipinski definition) is 5. The van der Waals surface area contributed by atoms with Crippen LogP contribution in [0.1, 0.15) is 44.0 Å². The molecule has 1 atom stereocenters. The van der Waals surface area contributed by atoms with Crippen LogP contribution in [-0.2, 0) is 11.3 Å². The van der Waals surface area contributed by atoms with Crippen molar-refractivity contribution in [2.45, 2.75) is 55.1 Å². The number of carbonyl (C=O) groups excluding carboxylic acids is 1. The molecule has 3 N–H and O–H groups in total. The quantitative estimate of drug-likeness (QED) is 0.854. The van der Waals surface area contributed by atoms with Crippen LogP contribution in [0.5, 0.6) is 0 Å². The van der Waals surface area contributed by atoms with Gasteiger partial charge in [0.25, 0.3) is 0 Å². The number of nitrogens with zero attached hydrogens (tertiary/aromatic N) is 3. The van der Waals surface area contributed by atoms with Gasteiger partial charge in [-0.1, -0.05) is 18.2 Å². The van der Waals surface area contributed by atoms with Gasteiger partial charge in [-0.15, -0.1) is 10.2 Å². The van der Waals surface area contributed by atoms with E-state index in [-0.39, 0.29) is 11.2 Å². The lowest BCUT2D eigenvalue weighted by Gasteiger charge is -2.13. The van der Waals surface area contributed by atoms with Gasteiger partial charge in [0.2, 0.25) is 5.91 Å². The second-order valence-electron chi connectivity index (χ2n) is 5.10. The normalized spacial score (nSPS) is 24.1. The number of nitrogens with two attached hydrogens (primary N) is 1. The van der Waals surface area contributed by atoms with Gasteiger partial charge in [0, 0.05) is 12.6 Å². The van der Waals surface area contributed by atoms with Crippen LogP contribution in [0, 0.1) is 0 Å². The molecule has 1 saturated carbocycles. The van der Waals surface area contributed by atoms with Crippen molar-refractivity contribution in [1.29, 1.82) is 0 Å². The molecule has 1 aliphatic carbocycles. The Morgan fingerprint density at radius 2 is 2.16 bits per heavy atom. The highest BCUT2D eigenvalue weighted by atomic mass is 32.2. The number of hydrogen-bond donors (Lipinski definition) is 2. The van der Waals surface area contributed by atoms with Crippen molar-refractivity contribution in [1.82, 2.24) is 20.1 Å². The van der Waals surface area contributed by atoms with Gasteiger partial charge in [0.05, 0.1) is 11.8 Å². The van der Waals surface area contributed by atoms with Gasteiger partial charge in [-0.3, -0.25) is 4.79 Å². The number of rotatable bonds is 4. The van der Waals surface area contributed by atoms with Gasteiger partial charge in [0.15, 0.2) is 5.16 Å². The molecule has 1 amide bonds. The molecule has 2 fully saturated rings. The summed E-state index contributed by atoms with van der Waals surface area (Å²) < 4.78 is 2.13. The molecule has 6 nitrogen and oxygen atoms in total. The molecular weight excluding hydrogens is 262 g/mol. The van der Waals surface area contributed by atoms with E-state index in [2.05, 4.69) is 20.1 Å². The van der Waals surface area contributed by atoms with Crippen molar-refractivity contribution in [3.8, 4) is 0 Å². The zero-order valence-electron chi connectivity index (χ0n) is 10.8. The maximum atomic E-state index is 12.0. The predicted molar refractivity (Wildman–Crippen MR) is 72.7 cm³/mol. The summed E-state index contributed by atoms with van der Waals surface area (Å²) in [7, 11) is 0. The highest BCUT2D eigenvalue weighted by molar-refractivity contribution is 8.00. The Bertz CT molecular complexity index is 471. The van der Waals surface area contributed by atoms with Gasteiger partial charge < -0.3 is 15.6 Å². The molecular formula is C12H19N5OS. The van der Waals surface area contributed by atoms with Crippen LogP contribution in [0.15, 0.2) is 5.16 Å². The molecule has 1 aliphatic heterocycles. The summed E-state index contributed by atoms with van der Waals surface area (Å²) in [6.07, 6.45) is 5.38. The van der Waals surface area contributed by atoms with E-state index in [1.54, 1.807) is 0 Å². The Balaban J connectivity index is 1.78. The summed E-state index contributed by atoms with van der Waals surface area (Å²) in [6.45, 7) is 1.19. The topological polar surface area (TPSA) is 85.8 Å². The predicted octanol–water partition coefficient (Wildman–Crippen LogP) is 0.832. The van der Waals surface area contributed by atoms with Gasteiger partial charge in [0.1, 0.15) is 5.82 Å². The first-order valence-electron chi connectivity index (χ1n) is 6.88. The first-order chi connectivity index (χ1) is 9.29. The van der Waals surface area contributed by atoms with E-state index in [1.165, 1.54) is 11.8 Å². The van der Waals surface area contributed by atoms with Gasteiger partial charge in [-0.2, -0.15) is 0 Å². The fourth-order valence-electron chi connectivity index (χ4n) is 2.38. The molecule has 7 heteroatoms. The van der Waals surface area contributed by atoms with E-state index in [9.17, 15) is 4.79 Å². The molecule has 0 radical (unpaired) electrons. The fraction of sp³-hybridized carbons (Fsp3) is 0.750. The average molecular weight is 281 g/mol. The zero-order chi connectivity index (χ0) is 13.2. The molecule has 2 aliphatic rings. The lowest BCUT2D eigenvalue weighted by molar-refractivity contribution is -0.120. The lowest BCUT2D eigenvalue weighted by Crippen LogP contribution is -2.30. The smallest absolute Gasteiger partial charge is 0.233 e. The fourth-order valence-corrected chi connectivity index (χ4v) is 3.56. The standard InChI is InChI=1S/C12H19N5OS/c13-7-10-15-16-12(17(10)8-4-5-8)19-9-3-1-2-6-14-11(9)18/h8-9H,1-7,13H2,(H,14,18). The number of aromatic nitrogens is 3. The molecule has 0 bridgehead atoms. The Morgan fingerprint density at radius 1 is 1.32 bits per heavy atom. The van der Waals surface area contributed by atoms with E-state index in [0.29, 0.717) is 12.6 Å². The number of carbonyl (C=O) groups is 1. The lowest BCUT2D eigenvalue weighted by atomic mass is 10.2. The number of nitrogens with one attached hydrogen (secondary N) is 1. The van der Waals surface area contributed by atoms with Crippen LogP contribution in [0.2, 0.25) is 0 Å². The number of thioether (sulfide) groups is 1. The molecule has 2 heterocycles. The van der Waals surface area contributed by atoms with E-state index >= 15 is 0 Å². The zero-order valence-corrected chi connectivity index (χ0v) is 11.7.